The molecule has 2 aliphatic carbocycles. The second-order valence-electron chi connectivity index (χ2n) is 14.3. The van der Waals surface area contributed by atoms with Crippen molar-refractivity contribution in [1.82, 2.24) is 0 Å². The van der Waals surface area contributed by atoms with Crippen LogP contribution in [0, 0.1) is 0 Å². The third kappa shape index (κ3) is 6.34. The van der Waals surface area contributed by atoms with Crippen molar-refractivity contribution in [3.8, 4) is 0 Å². The number of fused-ring (bicyclic) bond motifs is 4. The molecule has 0 spiro atoms. The molecule has 244 valence electrons. The average molecular weight is 605 g/mol. The van der Waals surface area contributed by atoms with Crippen LogP contribution in [0.3, 0.4) is 0 Å². The molecule has 0 fully saturated rings. The first-order valence-electron chi connectivity index (χ1n) is 19.5. The molecule has 45 heavy (non-hydrogen) atoms. The monoisotopic (exact) mass is 605 g/mol. The highest BCUT2D eigenvalue weighted by Crippen LogP contribution is 2.48. The molecule has 2 aliphatic rings. The molecule has 0 radical (unpaired) electrons. The van der Waals surface area contributed by atoms with Gasteiger partial charge in [0, 0.05) is 0 Å². The van der Waals surface area contributed by atoms with Gasteiger partial charge in [0.1, 0.15) is 0 Å². The fraction of sp³-hybridized carbons (Fsp3) is 0.600. The Morgan fingerprint density at radius 1 is 0.378 bits per heavy atom. The zero-order chi connectivity index (χ0) is 32.1. The number of allylic oxidation sites excluding steroid dienone is 4. The summed E-state index contributed by atoms with van der Waals surface area (Å²) in [5.74, 6) is 0. The Kier molecular flexibility index (Phi) is 11.7. The standard InChI is InChI=1S/C45H64/c1-9-17-21-30-25-31(22-18-10-2)39-27-43-37(24-20-12-4)45-29-41-35(16-8)33(14-6)32(13-5)34(15-7)40(41)28-44(45)36(23-19-11-3)42(43)26-38(30)39/h28-29H,9-27H2,1-8H3. The molecular formula is C45H64. The Morgan fingerprint density at radius 2 is 0.711 bits per heavy atom. The number of rotatable bonds is 16. The van der Waals surface area contributed by atoms with Crippen LogP contribution in [-0.2, 0) is 51.4 Å². The van der Waals surface area contributed by atoms with Crippen molar-refractivity contribution >= 4 is 21.5 Å². The van der Waals surface area contributed by atoms with Gasteiger partial charge in [-0.25, -0.2) is 0 Å². The van der Waals surface area contributed by atoms with E-state index in [-0.39, 0.29) is 0 Å². The van der Waals surface area contributed by atoms with Gasteiger partial charge in [0.25, 0.3) is 0 Å². The topological polar surface area (TPSA) is 0 Å². The lowest BCUT2D eigenvalue weighted by molar-refractivity contribution is 0.742. The summed E-state index contributed by atoms with van der Waals surface area (Å²) in [5.41, 5.74) is 20.7. The molecule has 0 aliphatic heterocycles. The summed E-state index contributed by atoms with van der Waals surface area (Å²) in [6.07, 6.45) is 23.7. The van der Waals surface area contributed by atoms with Crippen molar-refractivity contribution in [3.63, 3.8) is 0 Å². The highest BCUT2D eigenvalue weighted by molar-refractivity contribution is 6.05. The molecule has 0 unspecified atom stereocenters. The van der Waals surface area contributed by atoms with Crippen LogP contribution in [0.5, 0.6) is 0 Å². The number of benzene rings is 3. The number of aryl methyl sites for hydroxylation is 4. The Morgan fingerprint density at radius 3 is 1.04 bits per heavy atom. The van der Waals surface area contributed by atoms with Crippen molar-refractivity contribution in [2.24, 2.45) is 0 Å². The highest BCUT2D eigenvalue weighted by Gasteiger charge is 2.32. The van der Waals surface area contributed by atoms with E-state index < -0.39 is 0 Å². The average Bonchev–Trinajstić information content (AvgIpc) is 3.40. The Hall–Kier alpha value is -2.34. The molecule has 0 heterocycles. The maximum Gasteiger partial charge on any atom is -0.00174 e. The van der Waals surface area contributed by atoms with Gasteiger partial charge in [0.2, 0.25) is 0 Å². The van der Waals surface area contributed by atoms with E-state index in [0.29, 0.717) is 0 Å². The van der Waals surface area contributed by atoms with Gasteiger partial charge in [-0.2, -0.15) is 0 Å². The normalized spacial score (nSPS) is 14.8. The number of hydrogen-bond donors (Lipinski definition) is 0. The summed E-state index contributed by atoms with van der Waals surface area (Å²) >= 11 is 0. The van der Waals surface area contributed by atoms with Gasteiger partial charge < -0.3 is 0 Å². The van der Waals surface area contributed by atoms with E-state index in [0.717, 1.165) is 25.7 Å². The van der Waals surface area contributed by atoms with Crippen LogP contribution < -0.4 is 0 Å². The summed E-state index contributed by atoms with van der Waals surface area (Å²) in [6.45, 7) is 19.1. The molecule has 5 rings (SSSR count). The Bertz CT molecular complexity index is 1470. The maximum atomic E-state index is 2.72. The zero-order valence-electron chi connectivity index (χ0n) is 30.6. The fourth-order valence-corrected chi connectivity index (χ4v) is 9.32. The molecule has 3 aromatic carbocycles. The molecular weight excluding hydrogens is 540 g/mol. The second kappa shape index (κ2) is 15.5. The van der Waals surface area contributed by atoms with Gasteiger partial charge in [-0.1, -0.05) is 92.2 Å². The zero-order valence-corrected chi connectivity index (χ0v) is 30.6. The third-order valence-electron chi connectivity index (χ3n) is 11.6. The van der Waals surface area contributed by atoms with Gasteiger partial charge in [-0.3, -0.25) is 0 Å². The van der Waals surface area contributed by atoms with Crippen LogP contribution in [0.25, 0.3) is 21.5 Å². The van der Waals surface area contributed by atoms with Crippen LogP contribution in [0.1, 0.15) is 171 Å². The Balaban J connectivity index is 1.88. The molecule has 0 bridgehead atoms. The molecule has 0 nitrogen and oxygen atoms in total. The molecule has 0 saturated carbocycles. The first kappa shape index (κ1) is 34.0. The van der Waals surface area contributed by atoms with E-state index in [2.05, 4.69) is 67.5 Å². The van der Waals surface area contributed by atoms with E-state index in [4.69, 9.17) is 0 Å². The van der Waals surface area contributed by atoms with Crippen molar-refractivity contribution in [2.45, 2.75) is 177 Å². The maximum absolute atomic E-state index is 2.72. The first-order valence-corrected chi connectivity index (χ1v) is 19.5. The van der Waals surface area contributed by atoms with Crippen molar-refractivity contribution in [2.75, 3.05) is 0 Å². The molecule has 3 aromatic rings. The van der Waals surface area contributed by atoms with E-state index in [9.17, 15) is 0 Å². The van der Waals surface area contributed by atoms with Crippen LogP contribution in [0.15, 0.2) is 34.4 Å². The van der Waals surface area contributed by atoms with Crippen LogP contribution in [0.4, 0.5) is 0 Å². The van der Waals surface area contributed by atoms with E-state index in [1.54, 1.807) is 88.3 Å². The lowest BCUT2D eigenvalue weighted by atomic mass is 9.74. The smallest absolute Gasteiger partial charge is 0.00174 e. The summed E-state index contributed by atoms with van der Waals surface area (Å²) < 4.78 is 0. The van der Waals surface area contributed by atoms with Crippen molar-refractivity contribution < 1.29 is 0 Å². The van der Waals surface area contributed by atoms with Gasteiger partial charge in [-0.15, -0.1) is 0 Å². The fourth-order valence-electron chi connectivity index (χ4n) is 9.32. The molecule has 0 amide bonds. The SMILES string of the molecule is CCCCC1=C2Cc3c(c(CCCC)c4cc5c(CC)c(CC)c(CC)c(CC)c5cc4c3CCCC)CC2=C(CCCC)C1. The second-order valence-corrected chi connectivity index (χ2v) is 14.3. The van der Waals surface area contributed by atoms with Gasteiger partial charge in [-0.05, 0) is 186 Å². The van der Waals surface area contributed by atoms with E-state index >= 15 is 0 Å². The highest BCUT2D eigenvalue weighted by atomic mass is 14.4. The predicted octanol–water partition coefficient (Wildman–Crippen LogP) is 13.4. The number of unbranched alkanes of at least 4 members (excludes halogenated alkanes) is 4. The van der Waals surface area contributed by atoms with Crippen LogP contribution in [-0.4, -0.2) is 0 Å². The summed E-state index contributed by atoms with van der Waals surface area (Å²) in [6, 6.07) is 5.45. The summed E-state index contributed by atoms with van der Waals surface area (Å²) in [4.78, 5) is 0. The predicted molar refractivity (Wildman–Crippen MR) is 201 cm³/mol. The molecule has 0 aromatic heterocycles. The van der Waals surface area contributed by atoms with Gasteiger partial charge in [0.15, 0.2) is 0 Å². The lowest BCUT2D eigenvalue weighted by Crippen LogP contribution is -2.16. The minimum absolute atomic E-state index is 1.13. The molecule has 0 saturated heterocycles. The molecule has 0 atom stereocenters. The largest absolute Gasteiger partial charge is 0.0654 e. The van der Waals surface area contributed by atoms with E-state index in [1.165, 1.54) is 96.3 Å². The van der Waals surface area contributed by atoms with Crippen LogP contribution in [0.2, 0.25) is 0 Å². The number of hydrogen-bond acceptors (Lipinski definition) is 0. The van der Waals surface area contributed by atoms with E-state index in [1.807, 2.05) is 0 Å². The van der Waals surface area contributed by atoms with Crippen molar-refractivity contribution in [3.05, 3.63) is 78.9 Å². The minimum Gasteiger partial charge on any atom is -0.0654 e. The summed E-state index contributed by atoms with van der Waals surface area (Å²) in [5, 5.41) is 6.35. The quantitative estimate of drug-likeness (QED) is 0.143. The van der Waals surface area contributed by atoms with Gasteiger partial charge in [0.05, 0.1) is 0 Å². The third-order valence-corrected chi connectivity index (χ3v) is 11.6. The minimum atomic E-state index is 1.13. The Labute approximate surface area is 277 Å². The van der Waals surface area contributed by atoms with Crippen molar-refractivity contribution in [1.29, 1.82) is 0 Å². The van der Waals surface area contributed by atoms with Crippen LogP contribution >= 0.6 is 0 Å². The van der Waals surface area contributed by atoms with Gasteiger partial charge >= 0.3 is 0 Å². The lowest BCUT2D eigenvalue weighted by Gasteiger charge is -2.30. The first-order chi connectivity index (χ1) is 22.0. The summed E-state index contributed by atoms with van der Waals surface area (Å²) in [7, 11) is 0. The molecule has 0 heteroatoms. The molecule has 0 N–H and O–H groups in total.